The highest BCUT2D eigenvalue weighted by Gasteiger charge is 2.19. The second kappa shape index (κ2) is 7.81. The maximum atomic E-state index is 12.0. The van der Waals surface area contributed by atoms with Gasteiger partial charge in [-0.3, -0.25) is 24.0 Å². The normalized spacial score (nSPS) is 10.7. The highest BCUT2D eigenvalue weighted by Crippen LogP contribution is 2.01. The van der Waals surface area contributed by atoms with Crippen LogP contribution in [0.15, 0.2) is 15.8 Å². The van der Waals surface area contributed by atoms with Crippen LogP contribution in [0.4, 0.5) is 5.69 Å². The maximum absolute atomic E-state index is 12.0. The van der Waals surface area contributed by atoms with E-state index in [1.807, 2.05) is 6.92 Å². The Bertz CT molecular complexity index is 580. The molecule has 0 saturated heterocycles. The molecule has 0 radical (unpaired) electrons. The van der Waals surface area contributed by atoms with Gasteiger partial charge in [-0.15, -0.1) is 11.6 Å². The van der Waals surface area contributed by atoms with Gasteiger partial charge in [-0.05, 0) is 6.42 Å². The summed E-state index contributed by atoms with van der Waals surface area (Å²) in [6, 6.07) is 0. The number of rotatable bonds is 8. The smallest absolute Gasteiger partial charge is 0.350 e. The van der Waals surface area contributed by atoms with E-state index in [0.29, 0.717) is 18.8 Å². The molecule has 0 aliphatic carbocycles. The van der Waals surface area contributed by atoms with Crippen LogP contribution in [0, 0.1) is 10.1 Å². The van der Waals surface area contributed by atoms with Crippen molar-refractivity contribution in [3.05, 3.63) is 37.1 Å². The van der Waals surface area contributed by atoms with Gasteiger partial charge in [-0.25, -0.2) is 4.79 Å². The van der Waals surface area contributed by atoms with Crippen molar-refractivity contribution < 1.29 is 9.66 Å². The SMILES string of the molecule is CCCn1cc([N+](=O)[O-])c(=O)n(CCOCCCl)c1=O. The van der Waals surface area contributed by atoms with Crippen LogP contribution < -0.4 is 11.2 Å². The van der Waals surface area contributed by atoms with Crippen LogP contribution in [0.5, 0.6) is 0 Å². The molecule has 0 bridgehead atoms. The Labute approximate surface area is 119 Å². The van der Waals surface area contributed by atoms with E-state index in [4.69, 9.17) is 16.3 Å². The van der Waals surface area contributed by atoms with Crippen LogP contribution in [0.3, 0.4) is 0 Å². The molecule has 0 amide bonds. The topological polar surface area (TPSA) is 96.4 Å². The van der Waals surface area contributed by atoms with Crippen LogP contribution in [-0.2, 0) is 17.8 Å². The fourth-order valence-corrected chi connectivity index (χ4v) is 1.78. The van der Waals surface area contributed by atoms with Gasteiger partial charge in [0.15, 0.2) is 0 Å². The van der Waals surface area contributed by atoms with Crippen molar-refractivity contribution in [2.24, 2.45) is 0 Å². The van der Waals surface area contributed by atoms with Gasteiger partial charge in [0.2, 0.25) is 0 Å². The van der Waals surface area contributed by atoms with Gasteiger partial charge in [0.05, 0.1) is 30.9 Å². The summed E-state index contributed by atoms with van der Waals surface area (Å²) in [7, 11) is 0. The van der Waals surface area contributed by atoms with Crippen molar-refractivity contribution in [2.45, 2.75) is 26.4 Å². The van der Waals surface area contributed by atoms with Crippen molar-refractivity contribution in [1.82, 2.24) is 9.13 Å². The molecular formula is C11H16ClN3O5. The molecule has 0 aliphatic rings. The van der Waals surface area contributed by atoms with E-state index < -0.39 is 21.9 Å². The van der Waals surface area contributed by atoms with Crippen LogP contribution in [-0.4, -0.2) is 33.2 Å². The van der Waals surface area contributed by atoms with E-state index in [9.17, 15) is 19.7 Å². The van der Waals surface area contributed by atoms with E-state index in [-0.39, 0.29) is 19.8 Å². The zero-order chi connectivity index (χ0) is 15.1. The molecular weight excluding hydrogens is 290 g/mol. The average Bonchev–Trinajstić information content (AvgIpc) is 2.40. The third-order valence-corrected chi connectivity index (χ3v) is 2.72. The van der Waals surface area contributed by atoms with E-state index >= 15 is 0 Å². The number of hydrogen-bond acceptors (Lipinski definition) is 5. The van der Waals surface area contributed by atoms with Crippen molar-refractivity contribution >= 4 is 17.3 Å². The van der Waals surface area contributed by atoms with Crippen molar-refractivity contribution in [1.29, 1.82) is 0 Å². The highest BCUT2D eigenvalue weighted by atomic mass is 35.5. The second-order valence-corrected chi connectivity index (χ2v) is 4.38. The second-order valence-electron chi connectivity index (χ2n) is 4.01. The van der Waals surface area contributed by atoms with Crippen molar-refractivity contribution in [3.8, 4) is 0 Å². The van der Waals surface area contributed by atoms with Gasteiger partial charge >= 0.3 is 16.9 Å². The molecule has 0 unspecified atom stereocenters. The fraction of sp³-hybridized carbons (Fsp3) is 0.636. The lowest BCUT2D eigenvalue weighted by molar-refractivity contribution is -0.387. The minimum atomic E-state index is -0.915. The van der Waals surface area contributed by atoms with E-state index in [2.05, 4.69) is 0 Å². The molecule has 0 aromatic carbocycles. The standard InChI is InChI=1S/C11H16ClN3O5/c1-2-4-13-8-9(15(18)19)10(16)14(11(13)17)5-7-20-6-3-12/h8H,2-7H2,1H3. The summed E-state index contributed by atoms with van der Waals surface area (Å²) in [6.45, 7) is 2.48. The quantitative estimate of drug-likeness (QED) is 0.303. The third-order valence-electron chi connectivity index (χ3n) is 2.56. The first-order valence-electron chi connectivity index (χ1n) is 6.15. The number of hydrogen-bond donors (Lipinski definition) is 0. The zero-order valence-corrected chi connectivity index (χ0v) is 11.8. The Morgan fingerprint density at radius 2 is 2.05 bits per heavy atom. The van der Waals surface area contributed by atoms with E-state index in [1.54, 1.807) is 0 Å². The Kier molecular flexibility index (Phi) is 6.40. The molecule has 0 aliphatic heterocycles. The Hall–Kier alpha value is -1.67. The molecule has 0 fully saturated rings. The number of aromatic nitrogens is 2. The molecule has 20 heavy (non-hydrogen) atoms. The van der Waals surface area contributed by atoms with Gasteiger partial charge in [-0.1, -0.05) is 6.92 Å². The number of nitrogens with zero attached hydrogens (tertiary/aromatic N) is 3. The number of alkyl halides is 1. The number of halogens is 1. The molecule has 1 heterocycles. The van der Waals surface area contributed by atoms with Crippen LogP contribution in [0.1, 0.15) is 13.3 Å². The van der Waals surface area contributed by atoms with Crippen LogP contribution in [0.25, 0.3) is 0 Å². The Morgan fingerprint density at radius 3 is 2.60 bits per heavy atom. The lowest BCUT2D eigenvalue weighted by Gasteiger charge is -2.09. The zero-order valence-electron chi connectivity index (χ0n) is 11.1. The first kappa shape index (κ1) is 16.4. The molecule has 0 N–H and O–H groups in total. The highest BCUT2D eigenvalue weighted by molar-refractivity contribution is 6.17. The van der Waals surface area contributed by atoms with E-state index in [1.165, 1.54) is 4.57 Å². The molecule has 0 atom stereocenters. The third kappa shape index (κ3) is 3.91. The largest absolute Gasteiger partial charge is 0.378 e. The first-order valence-corrected chi connectivity index (χ1v) is 6.68. The summed E-state index contributed by atoms with van der Waals surface area (Å²) in [5, 5.41) is 10.8. The first-order chi connectivity index (χ1) is 9.52. The lowest BCUT2D eigenvalue weighted by atomic mass is 10.4. The number of ether oxygens (including phenoxy) is 1. The summed E-state index contributed by atoms with van der Waals surface area (Å²) in [6.07, 6.45) is 1.61. The van der Waals surface area contributed by atoms with Gasteiger partial charge < -0.3 is 4.74 Å². The van der Waals surface area contributed by atoms with E-state index in [0.717, 1.165) is 10.8 Å². The van der Waals surface area contributed by atoms with Crippen molar-refractivity contribution in [2.75, 3.05) is 19.1 Å². The summed E-state index contributed by atoms with van der Waals surface area (Å²) in [5.41, 5.74) is -2.10. The molecule has 0 spiro atoms. The summed E-state index contributed by atoms with van der Waals surface area (Å²) >= 11 is 5.43. The molecule has 112 valence electrons. The number of nitro groups is 1. The fourth-order valence-electron chi connectivity index (χ4n) is 1.67. The van der Waals surface area contributed by atoms with Gasteiger partial charge in [0, 0.05) is 12.4 Å². The minimum Gasteiger partial charge on any atom is -0.378 e. The van der Waals surface area contributed by atoms with Crippen LogP contribution in [0.2, 0.25) is 0 Å². The Morgan fingerprint density at radius 1 is 1.35 bits per heavy atom. The Balaban J connectivity index is 3.15. The molecule has 8 nitrogen and oxygen atoms in total. The predicted octanol–water partition coefficient (Wildman–Crippen LogP) is 0.584. The number of aryl methyl sites for hydroxylation is 1. The summed E-state index contributed by atoms with van der Waals surface area (Å²) < 4.78 is 7.08. The minimum absolute atomic E-state index is 0.0417. The predicted molar refractivity (Wildman–Crippen MR) is 73.4 cm³/mol. The lowest BCUT2D eigenvalue weighted by Crippen LogP contribution is -2.41. The summed E-state index contributed by atoms with van der Waals surface area (Å²) in [4.78, 5) is 34.0. The van der Waals surface area contributed by atoms with Crippen molar-refractivity contribution in [3.63, 3.8) is 0 Å². The van der Waals surface area contributed by atoms with Gasteiger partial charge in [0.1, 0.15) is 0 Å². The van der Waals surface area contributed by atoms with Crippen LogP contribution >= 0.6 is 11.6 Å². The molecule has 9 heteroatoms. The molecule has 1 rings (SSSR count). The molecule has 0 saturated carbocycles. The monoisotopic (exact) mass is 305 g/mol. The van der Waals surface area contributed by atoms with Gasteiger partial charge in [0.25, 0.3) is 0 Å². The maximum Gasteiger partial charge on any atom is 0.350 e. The molecule has 1 aromatic rings. The molecule has 1 aromatic heterocycles. The van der Waals surface area contributed by atoms with Gasteiger partial charge in [-0.2, -0.15) is 0 Å². The average molecular weight is 306 g/mol. The summed E-state index contributed by atoms with van der Waals surface area (Å²) in [5.74, 6) is 0.296.